The summed E-state index contributed by atoms with van der Waals surface area (Å²) in [6.07, 6.45) is 2.62. The largest absolute Gasteiger partial charge is 0.497 e. The van der Waals surface area contributed by atoms with E-state index in [-0.39, 0.29) is 0 Å². The lowest BCUT2D eigenvalue weighted by Crippen LogP contribution is -2.25. The smallest absolute Gasteiger partial charge is 0.119 e. The van der Waals surface area contributed by atoms with Gasteiger partial charge >= 0.3 is 0 Å². The normalized spacial score (nSPS) is 16.0. The SMILES string of the molecule is COc1cc2c3c(c1)C(c1ccccc1)=C(c1ccccc1)/C(=C/C#N)N3CC2. The maximum absolute atomic E-state index is 9.60. The van der Waals surface area contributed by atoms with Crippen molar-refractivity contribution in [2.45, 2.75) is 6.42 Å². The molecular formula is C26H20N2O. The molecule has 0 unspecified atom stereocenters. The molecule has 0 N–H and O–H groups in total. The number of hydrogen-bond donors (Lipinski definition) is 0. The minimum Gasteiger partial charge on any atom is -0.497 e. The Morgan fingerprint density at radius 3 is 2.21 bits per heavy atom. The molecule has 0 bridgehead atoms. The molecule has 0 saturated carbocycles. The molecule has 29 heavy (non-hydrogen) atoms. The summed E-state index contributed by atoms with van der Waals surface area (Å²) in [5.74, 6) is 0.870. The second-order valence-electron chi connectivity index (χ2n) is 7.23. The highest BCUT2D eigenvalue weighted by molar-refractivity contribution is 6.12. The Bertz CT molecular complexity index is 1180. The quantitative estimate of drug-likeness (QED) is 0.571. The number of ether oxygens (including phenoxy) is 1. The topological polar surface area (TPSA) is 36.3 Å². The van der Waals surface area contributed by atoms with E-state index in [9.17, 15) is 5.26 Å². The Kier molecular flexibility index (Phi) is 4.18. The number of nitrogens with zero attached hydrogens (tertiary/aromatic N) is 2. The van der Waals surface area contributed by atoms with E-state index in [4.69, 9.17) is 4.74 Å². The molecule has 3 nitrogen and oxygen atoms in total. The van der Waals surface area contributed by atoms with Gasteiger partial charge in [0.15, 0.2) is 0 Å². The molecule has 3 aromatic rings. The summed E-state index contributed by atoms with van der Waals surface area (Å²) in [7, 11) is 1.72. The van der Waals surface area contributed by atoms with Crippen LogP contribution < -0.4 is 9.64 Å². The summed E-state index contributed by atoms with van der Waals surface area (Å²) < 4.78 is 5.63. The molecule has 3 heteroatoms. The summed E-state index contributed by atoms with van der Waals surface area (Å²) in [6, 6.07) is 27.3. The fraction of sp³-hybridized carbons (Fsp3) is 0.115. The summed E-state index contributed by atoms with van der Waals surface area (Å²) in [5, 5.41) is 9.60. The maximum Gasteiger partial charge on any atom is 0.119 e. The second kappa shape index (κ2) is 7.00. The zero-order chi connectivity index (χ0) is 19.8. The van der Waals surface area contributed by atoms with Crippen molar-refractivity contribution in [3.8, 4) is 11.8 Å². The average molecular weight is 376 g/mol. The van der Waals surface area contributed by atoms with Gasteiger partial charge in [-0.3, -0.25) is 0 Å². The molecule has 2 aliphatic heterocycles. The molecule has 0 spiro atoms. The Hall–Kier alpha value is -3.77. The summed E-state index contributed by atoms with van der Waals surface area (Å²) in [5.41, 5.74) is 9.08. The first kappa shape index (κ1) is 17.3. The van der Waals surface area contributed by atoms with Crippen molar-refractivity contribution in [1.82, 2.24) is 0 Å². The van der Waals surface area contributed by atoms with Gasteiger partial charge in [0.1, 0.15) is 5.75 Å². The zero-order valence-electron chi connectivity index (χ0n) is 16.2. The van der Waals surface area contributed by atoms with Gasteiger partial charge in [-0.15, -0.1) is 0 Å². The van der Waals surface area contributed by atoms with Crippen LogP contribution in [-0.4, -0.2) is 13.7 Å². The van der Waals surface area contributed by atoms with Crippen LogP contribution in [0.3, 0.4) is 0 Å². The second-order valence-corrected chi connectivity index (χ2v) is 7.23. The van der Waals surface area contributed by atoms with Gasteiger partial charge in [-0.05, 0) is 35.2 Å². The van der Waals surface area contributed by atoms with Crippen molar-refractivity contribution in [1.29, 1.82) is 5.26 Å². The third kappa shape index (κ3) is 2.73. The van der Waals surface area contributed by atoms with Crippen molar-refractivity contribution in [2.24, 2.45) is 0 Å². The van der Waals surface area contributed by atoms with Crippen molar-refractivity contribution >= 4 is 16.8 Å². The number of nitriles is 1. The minimum absolute atomic E-state index is 0.863. The molecule has 0 amide bonds. The van der Waals surface area contributed by atoms with E-state index >= 15 is 0 Å². The molecular weight excluding hydrogens is 356 g/mol. The Morgan fingerprint density at radius 2 is 1.59 bits per heavy atom. The fourth-order valence-corrected chi connectivity index (χ4v) is 4.48. The molecule has 0 atom stereocenters. The first-order valence-electron chi connectivity index (χ1n) is 9.76. The van der Waals surface area contributed by atoms with E-state index in [1.165, 1.54) is 11.3 Å². The minimum atomic E-state index is 0.863. The van der Waals surface area contributed by atoms with E-state index < -0.39 is 0 Å². The lowest BCUT2D eigenvalue weighted by Gasteiger charge is -2.34. The van der Waals surface area contributed by atoms with Crippen molar-refractivity contribution in [2.75, 3.05) is 18.6 Å². The standard InChI is InChI=1S/C26H20N2O/c1-29-21-16-20-13-15-28-23(12-14-27)25(19-10-6-3-7-11-19)24(22(17-21)26(20)28)18-8-4-2-5-9-18/h2-12,16-17H,13,15H2,1H3/b23-12-. The third-order valence-corrected chi connectivity index (χ3v) is 5.67. The van der Waals surface area contributed by atoms with Crippen LogP contribution in [0.1, 0.15) is 22.3 Å². The van der Waals surface area contributed by atoms with Crippen LogP contribution in [0.25, 0.3) is 11.1 Å². The van der Waals surface area contributed by atoms with Crippen molar-refractivity contribution in [3.63, 3.8) is 0 Å². The zero-order valence-corrected chi connectivity index (χ0v) is 16.2. The predicted octanol–water partition coefficient (Wildman–Crippen LogP) is 5.44. The summed E-state index contributed by atoms with van der Waals surface area (Å²) in [4.78, 5) is 2.29. The van der Waals surface area contributed by atoms with Gasteiger partial charge in [0.25, 0.3) is 0 Å². The Labute approximate surface area is 170 Å². The van der Waals surface area contributed by atoms with Crippen LogP contribution in [0.5, 0.6) is 5.75 Å². The monoisotopic (exact) mass is 376 g/mol. The van der Waals surface area contributed by atoms with Gasteiger partial charge in [-0.2, -0.15) is 5.26 Å². The molecule has 2 aliphatic rings. The predicted molar refractivity (Wildman–Crippen MR) is 117 cm³/mol. The first-order valence-corrected chi connectivity index (χ1v) is 9.76. The molecule has 0 aromatic heterocycles. The van der Waals surface area contributed by atoms with Crippen LogP contribution in [0.15, 0.2) is 84.6 Å². The van der Waals surface area contributed by atoms with Gasteiger partial charge in [-0.1, -0.05) is 60.7 Å². The van der Waals surface area contributed by atoms with E-state index in [1.54, 1.807) is 13.2 Å². The van der Waals surface area contributed by atoms with Gasteiger partial charge in [0.05, 0.1) is 24.6 Å². The number of allylic oxidation sites excluding steroid dienone is 2. The highest BCUT2D eigenvalue weighted by Gasteiger charge is 2.35. The van der Waals surface area contributed by atoms with Crippen LogP contribution in [0.4, 0.5) is 5.69 Å². The van der Waals surface area contributed by atoms with Crippen LogP contribution in [0.2, 0.25) is 0 Å². The molecule has 5 rings (SSSR count). The van der Waals surface area contributed by atoms with E-state index in [0.29, 0.717) is 0 Å². The number of hydrogen-bond acceptors (Lipinski definition) is 3. The Balaban J connectivity index is 1.93. The molecule has 3 aromatic carbocycles. The van der Waals surface area contributed by atoms with Gasteiger partial charge in [0, 0.05) is 29.3 Å². The van der Waals surface area contributed by atoms with Crippen molar-refractivity contribution in [3.05, 3.63) is 107 Å². The number of methoxy groups -OCH3 is 1. The van der Waals surface area contributed by atoms with E-state index in [1.807, 2.05) is 24.3 Å². The fourth-order valence-electron chi connectivity index (χ4n) is 4.48. The number of benzene rings is 3. The first-order chi connectivity index (χ1) is 14.3. The maximum atomic E-state index is 9.60. The number of rotatable bonds is 3. The summed E-state index contributed by atoms with van der Waals surface area (Å²) >= 11 is 0. The average Bonchev–Trinajstić information content (AvgIpc) is 3.21. The van der Waals surface area contributed by atoms with Gasteiger partial charge < -0.3 is 9.64 Å². The third-order valence-electron chi connectivity index (χ3n) is 5.67. The van der Waals surface area contributed by atoms with Crippen LogP contribution >= 0.6 is 0 Å². The lowest BCUT2D eigenvalue weighted by atomic mass is 9.83. The highest BCUT2D eigenvalue weighted by atomic mass is 16.5. The summed E-state index contributed by atoms with van der Waals surface area (Å²) in [6.45, 7) is 0.863. The van der Waals surface area contributed by atoms with Gasteiger partial charge in [-0.25, -0.2) is 0 Å². The van der Waals surface area contributed by atoms with Crippen LogP contribution in [-0.2, 0) is 6.42 Å². The molecule has 0 aliphatic carbocycles. The van der Waals surface area contributed by atoms with E-state index in [0.717, 1.165) is 52.2 Å². The molecule has 0 radical (unpaired) electrons. The highest BCUT2D eigenvalue weighted by Crippen LogP contribution is 2.51. The van der Waals surface area contributed by atoms with Gasteiger partial charge in [0.2, 0.25) is 0 Å². The number of anilines is 1. The molecule has 140 valence electrons. The Morgan fingerprint density at radius 1 is 0.931 bits per heavy atom. The lowest BCUT2D eigenvalue weighted by molar-refractivity contribution is 0.414. The molecule has 2 heterocycles. The molecule has 0 saturated heterocycles. The van der Waals surface area contributed by atoms with Crippen LogP contribution in [0, 0.1) is 11.3 Å². The van der Waals surface area contributed by atoms with E-state index in [2.05, 4.69) is 59.5 Å². The van der Waals surface area contributed by atoms with Crippen molar-refractivity contribution < 1.29 is 4.74 Å². The molecule has 0 fully saturated rings.